The van der Waals surface area contributed by atoms with Crippen molar-refractivity contribution in [2.75, 3.05) is 46.0 Å². The fraction of sp³-hybridized carbons (Fsp3) is 0.708. The van der Waals surface area contributed by atoms with E-state index in [1.807, 2.05) is 12.1 Å². The van der Waals surface area contributed by atoms with Crippen LogP contribution in [0.4, 0.5) is 0 Å². The van der Waals surface area contributed by atoms with Crippen molar-refractivity contribution in [2.45, 2.75) is 64.6 Å². The van der Waals surface area contributed by atoms with Gasteiger partial charge in [-0.15, -0.1) is 24.0 Å². The Morgan fingerprint density at radius 2 is 1.94 bits per heavy atom. The van der Waals surface area contributed by atoms with Gasteiger partial charge in [-0.05, 0) is 58.1 Å². The predicted molar refractivity (Wildman–Crippen MR) is 137 cm³/mol. The molecule has 0 saturated carbocycles. The second-order valence-electron chi connectivity index (χ2n) is 8.26. The molecule has 3 rings (SSSR count). The first-order chi connectivity index (χ1) is 14.7. The zero-order valence-corrected chi connectivity index (χ0v) is 21.5. The number of ether oxygens (including phenoxy) is 3. The summed E-state index contributed by atoms with van der Waals surface area (Å²) in [5.41, 5.74) is 1.25. The van der Waals surface area contributed by atoms with Crippen LogP contribution < -0.4 is 10.1 Å². The van der Waals surface area contributed by atoms with Crippen LogP contribution in [0.5, 0.6) is 5.75 Å². The third-order valence-corrected chi connectivity index (χ3v) is 5.72. The first-order valence-electron chi connectivity index (χ1n) is 11.7. The molecule has 31 heavy (non-hydrogen) atoms. The number of benzene rings is 1. The molecule has 2 heterocycles. The van der Waals surface area contributed by atoms with Gasteiger partial charge in [0.25, 0.3) is 0 Å². The fourth-order valence-electron chi connectivity index (χ4n) is 3.92. The summed E-state index contributed by atoms with van der Waals surface area (Å²) < 4.78 is 17.7. The first-order valence-corrected chi connectivity index (χ1v) is 11.7. The highest BCUT2D eigenvalue weighted by atomic mass is 127. The predicted octanol–water partition coefficient (Wildman–Crippen LogP) is 4.40. The Kier molecular flexibility index (Phi) is 12.6. The molecule has 2 fully saturated rings. The number of guanidine groups is 1. The highest BCUT2D eigenvalue weighted by molar-refractivity contribution is 14.0. The fourth-order valence-corrected chi connectivity index (χ4v) is 3.92. The molecule has 2 aliphatic heterocycles. The van der Waals surface area contributed by atoms with Crippen molar-refractivity contribution in [3.63, 3.8) is 0 Å². The molecule has 0 bridgehead atoms. The normalized spacial score (nSPS) is 20.3. The van der Waals surface area contributed by atoms with Crippen LogP contribution in [0.1, 0.15) is 51.0 Å². The van der Waals surface area contributed by atoms with Crippen LogP contribution in [0.25, 0.3) is 0 Å². The lowest BCUT2D eigenvalue weighted by atomic mass is 10.1. The number of aryl methyl sites for hydroxylation is 1. The van der Waals surface area contributed by atoms with E-state index in [1.54, 1.807) is 0 Å². The van der Waals surface area contributed by atoms with Crippen molar-refractivity contribution < 1.29 is 14.2 Å². The average Bonchev–Trinajstić information content (AvgIpc) is 2.79. The van der Waals surface area contributed by atoms with Crippen molar-refractivity contribution in [3.05, 3.63) is 29.8 Å². The quantitative estimate of drug-likeness (QED) is 0.216. The topological polar surface area (TPSA) is 55.3 Å². The van der Waals surface area contributed by atoms with Gasteiger partial charge in [0.05, 0.1) is 25.4 Å². The number of halogens is 1. The molecular formula is C24H40IN3O3. The van der Waals surface area contributed by atoms with E-state index in [0.717, 1.165) is 76.8 Å². The maximum absolute atomic E-state index is 6.14. The van der Waals surface area contributed by atoms with Gasteiger partial charge in [-0.1, -0.05) is 17.7 Å². The van der Waals surface area contributed by atoms with Crippen LogP contribution in [-0.4, -0.2) is 69.1 Å². The summed E-state index contributed by atoms with van der Waals surface area (Å²) in [6, 6.07) is 8.20. The second kappa shape index (κ2) is 14.9. The summed E-state index contributed by atoms with van der Waals surface area (Å²) >= 11 is 0. The van der Waals surface area contributed by atoms with Gasteiger partial charge < -0.3 is 24.4 Å². The number of aliphatic imine (C=N–C) groups is 1. The van der Waals surface area contributed by atoms with E-state index in [0.29, 0.717) is 18.8 Å². The molecule has 0 aromatic heterocycles. The van der Waals surface area contributed by atoms with E-state index >= 15 is 0 Å². The van der Waals surface area contributed by atoms with Gasteiger partial charge in [0, 0.05) is 39.2 Å². The molecule has 2 aliphatic rings. The van der Waals surface area contributed by atoms with Crippen LogP contribution in [0, 0.1) is 6.92 Å². The minimum absolute atomic E-state index is 0. The Morgan fingerprint density at radius 1 is 1.16 bits per heavy atom. The number of hydrogen-bond donors (Lipinski definition) is 1. The third kappa shape index (κ3) is 9.53. The number of nitrogens with one attached hydrogen (secondary N) is 1. The Labute approximate surface area is 205 Å². The molecule has 1 aromatic rings. The Balaban J connectivity index is 0.00000341. The van der Waals surface area contributed by atoms with Crippen LogP contribution >= 0.6 is 24.0 Å². The summed E-state index contributed by atoms with van der Waals surface area (Å²) in [5, 5.41) is 3.44. The van der Waals surface area contributed by atoms with Crippen LogP contribution in [-0.2, 0) is 9.47 Å². The van der Waals surface area contributed by atoms with Gasteiger partial charge in [0.15, 0.2) is 5.96 Å². The molecule has 0 radical (unpaired) electrons. The van der Waals surface area contributed by atoms with Gasteiger partial charge in [-0.25, -0.2) is 0 Å². The zero-order chi connectivity index (χ0) is 21.0. The zero-order valence-electron chi connectivity index (χ0n) is 19.2. The standard InChI is InChI=1S/C24H39N3O3.HI/c1-3-25-24(26-14-6-18-28-21-10-8-20(2)9-11-21)27-15-12-22(13-16-27)30-19-23-7-4-5-17-29-23;/h8-11,22-23H,3-7,12-19H2,1-2H3,(H,25,26);1H. The van der Waals surface area contributed by atoms with Gasteiger partial charge in [-0.3, -0.25) is 4.99 Å². The van der Waals surface area contributed by atoms with Crippen molar-refractivity contribution in [1.82, 2.24) is 10.2 Å². The number of rotatable bonds is 9. The van der Waals surface area contributed by atoms with Crippen LogP contribution in [0.15, 0.2) is 29.3 Å². The summed E-state index contributed by atoms with van der Waals surface area (Å²) in [6.45, 7) is 10.2. The smallest absolute Gasteiger partial charge is 0.193 e. The van der Waals surface area contributed by atoms with Crippen molar-refractivity contribution in [1.29, 1.82) is 0 Å². The average molecular weight is 546 g/mol. The lowest BCUT2D eigenvalue weighted by Crippen LogP contribution is -2.47. The molecule has 176 valence electrons. The molecule has 0 amide bonds. The maximum atomic E-state index is 6.14. The molecule has 1 atom stereocenters. The molecule has 0 aliphatic carbocycles. The van der Waals surface area contributed by atoms with Crippen molar-refractivity contribution in [3.8, 4) is 5.75 Å². The van der Waals surface area contributed by atoms with Gasteiger partial charge in [-0.2, -0.15) is 0 Å². The van der Waals surface area contributed by atoms with Crippen LogP contribution in [0.2, 0.25) is 0 Å². The van der Waals surface area contributed by atoms with Crippen molar-refractivity contribution >= 4 is 29.9 Å². The van der Waals surface area contributed by atoms with E-state index in [9.17, 15) is 0 Å². The largest absolute Gasteiger partial charge is 0.494 e. The molecule has 7 heteroatoms. The monoisotopic (exact) mass is 545 g/mol. The van der Waals surface area contributed by atoms with E-state index in [-0.39, 0.29) is 24.0 Å². The summed E-state index contributed by atoms with van der Waals surface area (Å²) in [5.74, 6) is 1.94. The number of piperidine rings is 1. The van der Waals surface area contributed by atoms with E-state index in [1.165, 1.54) is 18.4 Å². The number of nitrogens with zero attached hydrogens (tertiary/aromatic N) is 2. The molecule has 1 unspecified atom stereocenters. The van der Waals surface area contributed by atoms with Gasteiger partial charge in [0.2, 0.25) is 0 Å². The summed E-state index contributed by atoms with van der Waals surface area (Å²) in [7, 11) is 0. The third-order valence-electron chi connectivity index (χ3n) is 5.72. The van der Waals surface area contributed by atoms with E-state index < -0.39 is 0 Å². The lowest BCUT2D eigenvalue weighted by Gasteiger charge is -2.35. The summed E-state index contributed by atoms with van der Waals surface area (Å²) in [4.78, 5) is 7.18. The molecule has 6 nitrogen and oxygen atoms in total. The minimum atomic E-state index is 0. The first kappa shape index (κ1) is 26.2. The molecule has 1 aromatic carbocycles. The van der Waals surface area contributed by atoms with Gasteiger partial charge in [0.1, 0.15) is 5.75 Å². The molecule has 2 saturated heterocycles. The van der Waals surface area contributed by atoms with E-state index in [4.69, 9.17) is 19.2 Å². The Bertz CT molecular complexity index is 627. The Morgan fingerprint density at radius 3 is 2.61 bits per heavy atom. The number of hydrogen-bond acceptors (Lipinski definition) is 4. The van der Waals surface area contributed by atoms with Crippen LogP contribution in [0.3, 0.4) is 0 Å². The second-order valence-corrected chi connectivity index (χ2v) is 8.26. The highest BCUT2D eigenvalue weighted by Gasteiger charge is 2.23. The summed E-state index contributed by atoms with van der Waals surface area (Å²) in [6.07, 6.45) is 7.26. The SMILES string of the molecule is CCNC(=NCCCOc1ccc(C)cc1)N1CCC(OCC2CCCCO2)CC1.I. The maximum Gasteiger partial charge on any atom is 0.193 e. The van der Waals surface area contributed by atoms with Gasteiger partial charge >= 0.3 is 0 Å². The number of likely N-dealkylation sites (tertiary alicyclic amines) is 1. The molecule has 0 spiro atoms. The molecular weight excluding hydrogens is 505 g/mol. The van der Waals surface area contributed by atoms with E-state index in [2.05, 4.69) is 36.2 Å². The molecule has 1 N–H and O–H groups in total. The minimum Gasteiger partial charge on any atom is -0.494 e. The highest BCUT2D eigenvalue weighted by Crippen LogP contribution is 2.18. The van der Waals surface area contributed by atoms with Crippen molar-refractivity contribution in [2.24, 2.45) is 4.99 Å². The Hall–Kier alpha value is -1.06. The lowest BCUT2D eigenvalue weighted by molar-refractivity contribution is -0.0721.